The molecule has 0 unspecified atom stereocenters. The summed E-state index contributed by atoms with van der Waals surface area (Å²) in [5.41, 5.74) is 0.525. The van der Waals surface area contributed by atoms with E-state index >= 15 is 0 Å². The van der Waals surface area contributed by atoms with Gasteiger partial charge in [-0.1, -0.05) is 18.5 Å². The van der Waals surface area contributed by atoms with Crippen molar-refractivity contribution < 1.29 is 14.1 Å². The summed E-state index contributed by atoms with van der Waals surface area (Å²) in [6.45, 7) is 1.80. The summed E-state index contributed by atoms with van der Waals surface area (Å²) >= 11 is 6.07. The maximum Gasteiger partial charge on any atom is 0.336 e. The summed E-state index contributed by atoms with van der Waals surface area (Å²) in [4.78, 5) is 11.4. The summed E-state index contributed by atoms with van der Waals surface area (Å²) < 4.78 is 10.8. The van der Waals surface area contributed by atoms with E-state index in [1.54, 1.807) is 6.92 Å². The van der Waals surface area contributed by atoms with Gasteiger partial charge >= 0.3 is 5.97 Å². The maximum absolute atomic E-state index is 10.9. The van der Waals surface area contributed by atoms with Crippen molar-refractivity contribution in [1.29, 1.82) is 0 Å². The molecule has 0 amide bonds. The highest BCUT2D eigenvalue weighted by atomic mass is 35.5. The van der Waals surface area contributed by atoms with Gasteiger partial charge in [0, 0.05) is 10.6 Å². The number of carboxylic acid groups (broad SMARTS) is 1. The van der Waals surface area contributed by atoms with E-state index in [1.165, 1.54) is 18.2 Å². The molecule has 15 heavy (non-hydrogen) atoms. The van der Waals surface area contributed by atoms with E-state index in [4.69, 9.17) is 16.7 Å². The molecule has 0 radical (unpaired) electrons. The van der Waals surface area contributed by atoms with Gasteiger partial charge in [-0.05, 0) is 24.6 Å². The van der Waals surface area contributed by atoms with Gasteiger partial charge in [-0.15, -0.1) is 0 Å². The maximum atomic E-state index is 10.9. The molecule has 0 aliphatic heterocycles. The lowest BCUT2D eigenvalue weighted by atomic mass is 10.0. The molecule has 5 heteroatoms. The molecule has 0 saturated carbocycles. The summed E-state index contributed by atoms with van der Waals surface area (Å²) in [7, 11) is 0. The molecule has 0 aliphatic rings. The van der Waals surface area contributed by atoms with Crippen LogP contribution in [0.25, 0.3) is 0 Å². The van der Waals surface area contributed by atoms with Crippen molar-refractivity contribution >= 4 is 33.7 Å². The number of hydrogen-bond donors (Lipinski definition) is 1. The highest BCUT2D eigenvalue weighted by molar-refractivity contribution is 7.67. The van der Waals surface area contributed by atoms with Gasteiger partial charge in [0.15, 0.2) is 0 Å². The molecular weight excluding hydrogens is 236 g/mol. The number of halogens is 1. The highest BCUT2D eigenvalue weighted by Crippen LogP contribution is 2.17. The molecule has 0 bridgehead atoms. The van der Waals surface area contributed by atoms with E-state index in [-0.39, 0.29) is 5.56 Å². The van der Waals surface area contributed by atoms with Crippen molar-refractivity contribution in [2.24, 2.45) is 0 Å². The van der Waals surface area contributed by atoms with E-state index < -0.39 is 5.97 Å². The zero-order chi connectivity index (χ0) is 11.4. The topological polar surface area (TPSA) is 54.4 Å². The standard InChI is InChI=1S/C10H9ClO3S/c1-2-9(15-14)8-5-6(11)3-4-7(8)10(12)13/h3-5H,2H2,1H3,(H,12,13). The zero-order valence-corrected chi connectivity index (χ0v) is 9.56. The summed E-state index contributed by atoms with van der Waals surface area (Å²) in [6, 6.07) is 4.41. The molecule has 0 heterocycles. The van der Waals surface area contributed by atoms with Crippen molar-refractivity contribution in [3.8, 4) is 0 Å². The Morgan fingerprint density at radius 1 is 1.47 bits per heavy atom. The Balaban J connectivity index is 3.43. The van der Waals surface area contributed by atoms with Gasteiger partial charge in [-0.2, -0.15) is 0 Å². The van der Waals surface area contributed by atoms with Gasteiger partial charge in [0.2, 0.25) is 0 Å². The minimum absolute atomic E-state index is 0.111. The van der Waals surface area contributed by atoms with Crippen LogP contribution < -0.4 is 0 Å². The third-order valence-electron chi connectivity index (χ3n) is 1.93. The second-order valence-electron chi connectivity index (χ2n) is 2.86. The van der Waals surface area contributed by atoms with Gasteiger partial charge < -0.3 is 5.11 Å². The SMILES string of the molecule is CCC(=S=O)c1cc(Cl)ccc1C(=O)O. The van der Waals surface area contributed by atoms with Crippen LogP contribution in [-0.4, -0.2) is 20.1 Å². The lowest BCUT2D eigenvalue weighted by molar-refractivity contribution is 0.0696. The predicted molar refractivity (Wildman–Crippen MR) is 61.0 cm³/mol. The Morgan fingerprint density at radius 2 is 2.13 bits per heavy atom. The van der Waals surface area contributed by atoms with Crippen molar-refractivity contribution in [2.45, 2.75) is 13.3 Å². The Bertz CT molecular complexity index is 450. The Morgan fingerprint density at radius 3 is 2.60 bits per heavy atom. The first kappa shape index (κ1) is 11.9. The molecule has 0 spiro atoms. The molecule has 3 nitrogen and oxygen atoms in total. The second-order valence-corrected chi connectivity index (χ2v) is 3.95. The van der Waals surface area contributed by atoms with Gasteiger partial charge in [-0.25, -0.2) is 9.00 Å². The van der Waals surface area contributed by atoms with Crippen LogP contribution in [0.5, 0.6) is 0 Å². The Kier molecular flexibility index (Phi) is 4.05. The number of benzene rings is 1. The van der Waals surface area contributed by atoms with Crippen LogP contribution in [0.3, 0.4) is 0 Å². The van der Waals surface area contributed by atoms with E-state index in [0.29, 0.717) is 33.1 Å². The van der Waals surface area contributed by atoms with E-state index in [1.807, 2.05) is 0 Å². The third-order valence-corrected chi connectivity index (χ3v) is 2.88. The summed E-state index contributed by atoms with van der Waals surface area (Å²) in [5, 5.41) is 9.35. The number of carboxylic acids is 1. The lowest BCUT2D eigenvalue weighted by Gasteiger charge is -2.05. The fourth-order valence-corrected chi connectivity index (χ4v) is 1.78. The minimum atomic E-state index is -1.05. The average Bonchev–Trinajstić information content (AvgIpc) is 2.19. The van der Waals surface area contributed by atoms with Crippen LogP contribution in [0, 0.1) is 0 Å². The van der Waals surface area contributed by atoms with Gasteiger partial charge in [-0.3, -0.25) is 0 Å². The minimum Gasteiger partial charge on any atom is -0.478 e. The molecule has 0 fully saturated rings. The smallest absolute Gasteiger partial charge is 0.336 e. The molecule has 0 aromatic heterocycles. The third kappa shape index (κ3) is 2.67. The molecular formula is C10H9ClO3S. The van der Waals surface area contributed by atoms with E-state index in [2.05, 4.69) is 0 Å². The van der Waals surface area contributed by atoms with Crippen molar-refractivity contribution in [3.63, 3.8) is 0 Å². The number of carbonyl (C=O) groups is 1. The quantitative estimate of drug-likeness (QED) is 0.655. The molecule has 1 rings (SSSR count). The summed E-state index contributed by atoms with van der Waals surface area (Å²) in [6.07, 6.45) is 0.495. The first-order chi connectivity index (χ1) is 7.10. The highest BCUT2D eigenvalue weighted by Gasteiger charge is 2.13. The zero-order valence-electron chi connectivity index (χ0n) is 7.99. The van der Waals surface area contributed by atoms with Crippen LogP contribution in [0.1, 0.15) is 29.3 Å². The predicted octanol–water partition coefficient (Wildman–Crippen LogP) is 2.18. The van der Waals surface area contributed by atoms with Crippen molar-refractivity contribution in [3.05, 3.63) is 34.3 Å². The monoisotopic (exact) mass is 244 g/mol. The lowest BCUT2D eigenvalue weighted by Crippen LogP contribution is -2.08. The molecule has 80 valence electrons. The van der Waals surface area contributed by atoms with Crippen molar-refractivity contribution in [2.75, 3.05) is 0 Å². The number of rotatable bonds is 3. The molecule has 0 atom stereocenters. The first-order valence-corrected chi connectivity index (χ1v) is 5.41. The fraction of sp³-hybridized carbons (Fsp3) is 0.200. The fourth-order valence-electron chi connectivity index (χ4n) is 1.23. The van der Waals surface area contributed by atoms with Crippen LogP contribution in [0.2, 0.25) is 5.02 Å². The number of hydrogen-bond acceptors (Lipinski definition) is 2. The molecule has 1 N–H and O–H groups in total. The average molecular weight is 245 g/mol. The Labute approximate surface area is 95.8 Å². The summed E-state index contributed by atoms with van der Waals surface area (Å²) in [5.74, 6) is -1.05. The largest absolute Gasteiger partial charge is 0.478 e. The first-order valence-electron chi connectivity index (χ1n) is 4.29. The molecule has 0 saturated heterocycles. The van der Waals surface area contributed by atoms with E-state index in [0.717, 1.165) is 0 Å². The normalized spacial score (nSPS) is 9.73. The van der Waals surface area contributed by atoms with Crippen LogP contribution in [0.15, 0.2) is 18.2 Å². The van der Waals surface area contributed by atoms with Crippen molar-refractivity contribution in [1.82, 2.24) is 0 Å². The van der Waals surface area contributed by atoms with Gasteiger partial charge in [0.25, 0.3) is 0 Å². The molecule has 0 aliphatic carbocycles. The molecule has 1 aromatic carbocycles. The van der Waals surface area contributed by atoms with Gasteiger partial charge in [0.1, 0.15) is 0 Å². The molecule has 1 aromatic rings. The van der Waals surface area contributed by atoms with Crippen LogP contribution in [0.4, 0.5) is 0 Å². The number of aromatic carboxylic acids is 1. The second kappa shape index (κ2) is 5.09. The van der Waals surface area contributed by atoms with Crippen LogP contribution >= 0.6 is 11.6 Å². The van der Waals surface area contributed by atoms with E-state index in [9.17, 15) is 9.00 Å². The Hall–Kier alpha value is -1.13. The van der Waals surface area contributed by atoms with Crippen LogP contribution in [-0.2, 0) is 11.3 Å². The van der Waals surface area contributed by atoms with Gasteiger partial charge in [0.05, 0.1) is 21.7 Å².